The highest BCUT2D eigenvalue weighted by molar-refractivity contribution is 9.11. The highest BCUT2D eigenvalue weighted by Gasteiger charge is 2.33. The number of nitrogens with zero attached hydrogens (tertiary/aromatic N) is 3. The van der Waals surface area contributed by atoms with Crippen LogP contribution in [0.2, 0.25) is 0 Å². The summed E-state index contributed by atoms with van der Waals surface area (Å²) in [6.45, 7) is 3.85. The Kier molecular flexibility index (Phi) is 4.86. The molecule has 0 atom stereocenters. The Morgan fingerprint density at radius 1 is 1.11 bits per heavy atom. The van der Waals surface area contributed by atoms with Gasteiger partial charge in [0, 0.05) is 14.6 Å². The van der Waals surface area contributed by atoms with Gasteiger partial charge in [-0.3, -0.25) is 4.90 Å². The second-order valence-electron chi connectivity index (χ2n) is 4.40. The maximum Gasteiger partial charge on any atom is 0.220 e. The smallest absolute Gasteiger partial charge is 0.220 e. The summed E-state index contributed by atoms with van der Waals surface area (Å²) in [5, 5.41) is 0. The second-order valence-corrected chi connectivity index (χ2v) is 6.23. The molecule has 0 aliphatic carbocycles. The minimum atomic E-state index is -0.573. The molecule has 0 unspecified atom stereocenters. The van der Waals surface area contributed by atoms with E-state index in [4.69, 9.17) is 11.5 Å². The van der Waals surface area contributed by atoms with Gasteiger partial charge in [-0.2, -0.15) is 4.99 Å². The van der Waals surface area contributed by atoms with Gasteiger partial charge in [-0.15, -0.1) is 12.4 Å². The highest BCUT2D eigenvalue weighted by atomic mass is 79.9. The Bertz CT molecular complexity index is 536. The maximum absolute atomic E-state index is 5.96. The molecule has 1 aromatic carbocycles. The number of halogens is 3. The number of hydrogen-bond acceptors (Lipinski definition) is 5. The minimum Gasteiger partial charge on any atom is -0.369 e. The van der Waals surface area contributed by atoms with Crippen LogP contribution in [-0.2, 0) is 0 Å². The van der Waals surface area contributed by atoms with E-state index in [0.29, 0.717) is 5.96 Å². The number of anilines is 1. The molecule has 19 heavy (non-hydrogen) atoms. The molecule has 104 valence electrons. The Hall–Kier alpha value is -0.790. The van der Waals surface area contributed by atoms with E-state index < -0.39 is 5.66 Å². The molecule has 0 spiro atoms. The van der Waals surface area contributed by atoms with Crippen molar-refractivity contribution in [2.24, 2.45) is 21.5 Å². The fraction of sp³-hybridized carbons (Fsp3) is 0.273. The van der Waals surface area contributed by atoms with Crippen LogP contribution in [0.1, 0.15) is 13.8 Å². The van der Waals surface area contributed by atoms with Crippen LogP contribution in [0.25, 0.3) is 0 Å². The molecule has 8 heteroatoms. The van der Waals surface area contributed by atoms with Gasteiger partial charge in [-0.1, -0.05) is 31.9 Å². The van der Waals surface area contributed by atoms with Crippen LogP contribution in [-0.4, -0.2) is 17.6 Å². The third-order valence-electron chi connectivity index (χ3n) is 2.50. The Balaban J connectivity index is 0.00000180. The van der Waals surface area contributed by atoms with Crippen molar-refractivity contribution in [3.8, 4) is 0 Å². The summed E-state index contributed by atoms with van der Waals surface area (Å²) < 4.78 is 1.89. The normalized spacial score (nSPS) is 17.4. The fourth-order valence-electron chi connectivity index (χ4n) is 1.92. The van der Waals surface area contributed by atoms with Gasteiger partial charge >= 0.3 is 0 Å². The van der Waals surface area contributed by atoms with Gasteiger partial charge in [-0.05, 0) is 32.0 Å². The lowest BCUT2D eigenvalue weighted by atomic mass is 10.1. The average molecular weight is 412 g/mol. The van der Waals surface area contributed by atoms with E-state index in [-0.39, 0.29) is 18.4 Å². The van der Waals surface area contributed by atoms with Gasteiger partial charge in [0.2, 0.25) is 11.9 Å². The molecule has 0 aromatic heterocycles. The van der Waals surface area contributed by atoms with E-state index in [1.807, 2.05) is 36.9 Å². The summed E-state index contributed by atoms with van der Waals surface area (Å²) >= 11 is 6.90. The van der Waals surface area contributed by atoms with E-state index in [9.17, 15) is 0 Å². The molecule has 1 heterocycles. The lowest BCUT2D eigenvalue weighted by Crippen LogP contribution is -2.54. The van der Waals surface area contributed by atoms with Crippen molar-refractivity contribution < 1.29 is 0 Å². The standard InChI is InChI=1S/C11H13Br2N5.ClH/c1-11(2)17-9(14)16-10(15)18(11)8-4-6(12)3-7(13)5-8;/h3-5H,1-2H3,(H4,14,15,16,17);1H. The first-order valence-electron chi connectivity index (χ1n) is 5.25. The monoisotopic (exact) mass is 409 g/mol. The van der Waals surface area contributed by atoms with Gasteiger partial charge in [-0.25, -0.2) is 4.99 Å². The first-order valence-corrected chi connectivity index (χ1v) is 6.84. The zero-order chi connectivity index (χ0) is 13.5. The van der Waals surface area contributed by atoms with Crippen molar-refractivity contribution in [2.75, 3.05) is 4.90 Å². The molecule has 2 rings (SSSR count). The Morgan fingerprint density at radius 2 is 1.63 bits per heavy atom. The molecule has 0 bridgehead atoms. The zero-order valence-electron chi connectivity index (χ0n) is 10.4. The first-order chi connectivity index (χ1) is 8.29. The summed E-state index contributed by atoms with van der Waals surface area (Å²) in [6.07, 6.45) is 0. The van der Waals surface area contributed by atoms with Crippen molar-refractivity contribution >= 4 is 61.9 Å². The molecule has 1 aliphatic heterocycles. The van der Waals surface area contributed by atoms with Crippen molar-refractivity contribution in [1.82, 2.24) is 0 Å². The molecule has 0 amide bonds. The molecular formula is C11H14Br2ClN5. The predicted molar refractivity (Wildman–Crippen MR) is 88.9 cm³/mol. The van der Waals surface area contributed by atoms with E-state index in [0.717, 1.165) is 14.6 Å². The molecule has 0 saturated heterocycles. The van der Waals surface area contributed by atoms with Gasteiger partial charge in [0.1, 0.15) is 5.66 Å². The second kappa shape index (κ2) is 5.68. The number of benzene rings is 1. The van der Waals surface area contributed by atoms with E-state index in [2.05, 4.69) is 41.8 Å². The van der Waals surface area contributed by atoms with Gasteiger partial charge < -0.3 is 11.5 Å². The maximum atomic E-state index is 5.96. The molecule has 0 fully saturated rings. The van der Waals surface area contributed by atoms with Crippen LogP contribution >= 0.6 is 44.3 Å². The molecule has 5 nitrogen and oxygen atoms in total. The number of rotatable bonds is 1. The number of guanidine groups is 2. The van der Waals surface area contributed by atoms with Gasteiger partial charge in [0.15, 0.2) is 0 Å². The summed E-state index contributed by atoms with van der Waals surface area (Å²) in [5.41, 5.74) is 11.9. The third kappa shape index (κ3) is 3.40. The van der Waals surface area contributed by atoms with Crippen molar-refractivity contribution in [1.29, 1.82) is 0 Å². The largest absolute Gasteiger partial charge is 0.369 e. The van der Waals surface area contributed by atoms with E-state index >= 15 is 0 Å². The predicted octanol–water partition coefficient (Wildman–Crippen LogP) is 2.82. The SMILES string of the molecule is CC1(C)N=C(N)N=C(N)N1c1cc(Br)cc(Br)c1.Cl. The summed E-state index contributed by atoms with van der Waals surface area (Å²) in [5.74, 6) is 0.528. The van der Waals surface area contributed by atoms with Crippen LogP contribution in [0.4, 0.5) is 5.69 Å². The lowest BCUT2D eigenvalue weighted by Gasteiger charge is -2.38. The minimum absolute atomic E-state index is 0. The Morgan fingerprint density at radius 3 is 2.11 bits per heavy atom. The molecule has 0 radical (unpaired) electrons. The number of hydrogen-bond donors (Lipinski definition) is 2. The molecule has 0 saturated carbocycles. The molecule has 1 aliphatic rings. The lowest BCUT2D eigenvalue weighted by molar-refractivity contribution is 0.534. The molecule has 1 aromatic rings. The van der Waals surface area contributed by atoms with Crippen LogP contribution in [0.3, 0.4) is 0 Å². The van der Waals surface area contributed by atoms with Crippen LogP contribution in [0.5, 0.6) is 0 Å². The quantitative estimate of drug-likeness (QED) is 0.746. The van der Waals surface area contributed by atoms with Crippen molar-refractivity contribution in [3.05, 3.63) is 27.1 Å². The summed E-state index contributed by atoms with van der Waals surface area (Å²) in [4.78, 5) is 10.1. The zero-order valence-corrected chi connectivity index (χ0v) is 14.4. The molecular weight excluding hydrogens is 397 g/mol. The third-order valence-corrected chi connectivity index (χ3v) is 3.41. The molecule has 4 N–H and O–H groups in total. The van der Waals surface area contributed by atoms with Crippen LogP contribution in [0, 0.1) is 0 Å². The van der Waals surface area contributed by atoms with Crippen LogP contribution in [0.15, 0.2) is 37.1 Å². The van der Waals surface area contributed by atoms with Gasteiger partial charge in [0.25, 0.3) is 0 Å². The van der Waals surface area contributed by atoms with E-state index in [1.165, 1.54) is 0 Å². The fourth-order valence-corrected chi connectivity index (χ4v) is 3.19. The topological polar surface area (TPSA) is 80.0 Å². The first kappa shape index (κ1) is 16.3. The average Bonchev–Trinajstić information content (AvgIpc) is 2.11. The summed E-state index contributed by atoms with van der Waals surface area (Å²) in [7, 11) is 0. The van der Waals surface area contributed by atoms with E-state index in [1.54, 1.807) is 0 Å². The van der Waals surface area contributed by atoms with Crippen molar-refractivity contribution in [3.63, 3.8) is 0 Å². The van der Waals surface area contributed by atoms with Gasteiger partial charge in [0.05, 0.1) is 0 Å². The number of aliphatic imine (C=N–C) groups is 2. The van der Waals surface area contributed by atoms with Crippen molar-refractivity contribution in [2.45, 2.75) is 19.5 Å². The Labute approximate surface area is 134 Å². The van der Waals surface area contributed by atoms with Crippen LogP contribution < -0.4 is 16.4 Å². The number of nitrogens with two attached hydrogens (primary N) is 2. The highest BCUT2D eigenvalue weighted by Crippen LogP contribution is 2.32. The summed E-state index contributed by atoms with van der Waals surface area (Å²) in [6, 6.07) is 5.85.